The van der Waals surface area contributed by atoms with E-state index in [1.165, 1.54) is 16.3 Å². The molecule has 0 N–H and O–H groups in total. The van der Waals surface area contributed by atoms with Gasteiger partial charge in [-0.2, -0.15) is 0 Å². The number of pyridine rings is 2. The molecular formula is C37H38IrN2OSi-2. The van der Waals surface area contributed by atoms with Crippen LogP contribution in [0, 0.1) is 12.1 Å². The van der Waals surface area contributed by atoms with Crippen LogP contribution in [0.1, 0.15) is 50.7 Å². The maximum Gasteiger partial charge on any atom is 0.120 e. The first-order chi connectivity index (χ1) is 19.6. The van der Waals surface area contributed by atoms with Gasteiger partial charge in [0.05, 0.1) is 13.7 Å². The normalized spacial score (nSPS) is 11.5. The molecule has 0 amide bonds. The number of hydrogen-bond acceptors (Lipinski definition) is 3. The Morgan fingerprint density at radius 1 is 0.714 bits per heavy atom. The fourth-order valence-electron chi connectivity index (χ4n) is 4.80. The van der Waals surface area contributed by atoms with Crippen molar-refractivity contribution >= 4 is 35.2 Å². The summed E-state index contributed by atoms with van der Waals surface area (Å²) in [5, 5.41) is 3.71. The molecule has 217 valence electrons. The van der Waals surface area contributed by atoms with Gasteiger partial charge in [0.15, 0.2) is 0 Å². The molecule has 0 aliphatic heterocycles. The zero-order valence-electron chi connectivity index (χ0n) is 25.5. The van der Waals surface area contributed by atoms with Gasteiger partial charge in [-0.05, 0) is 40.9 Å². The molecule has 0 saturated heterocycles. The van der Waals surface area contributed by atoms with E-state index in [1.54, 1.807) is 0 Å². The first-order valence-corrected chi connectivity index (χ1v) is 17.9. The predicted octanol–water partition coefficient (Wildman–Crippen LogP) is 9.79. The molecule has 0 spiro atoms. The van der Waals surface area contributed by atoms with E-state index in [0.29, 0.717) is 11.8 Å². The zero-order chi connectivity index (χ0) is 29.1. The third kappa shape index (κ3) is 6.98. The SMILES string of the molecule is CC(C)c1ccc(-c2[c-]cccc2)nc1.CC(C)c1ccnc(-c2[c-]ccc3c2oc2cc([Si](C)(C)C)ccc23)c1.[Ir]. The third-order valence-corrected chi connectivity index (χ3v) is 9.49. The largest absolute Gasteiger partial charge is 0.501 e. The van der Waals surface area contributed by atoms with Crippen molar-refractivity contribution in [2.75, 3.05) is 0 Å². The summed E-state index contributed by atoms with van der Waals surface area (Å²) in [6.45, 7) is 15.8. The number of hydrogen-bond donors (Lipinski definition) is 0. The van der Waals surface area contributed by atoms with Crippen molar-refractivity contribution in [2.24, 2.45) is 0 Å². The molecule has 5 heteroatoms. The molecule has 0 unspecified atom stereocenters. The Labute approximate surface area is 264 Å². The van der Waals surface area contributed by atoms with Crippen LogP contribution in [0.3, 0.4) is 0 Å². The van der Waals surface area contributed by atoms with Crippen LogP contribution in [-0.4, -0.2) is 18.0 Å². The van der Waals surface area contributed by atoms with Crippen LogP contribution in [0.25, 0.3) is 44.5 Å². The average Bonchev–Trinajstić information content (AvgIpc) is 3.36. The fourth-order valence-corrected chi connectivity index (χ4v) is 5.95. The number of aromatic nitrogens is 2. The predicted molar refractivity (Wildman–Crippen MR) is 175 cm³/mol. The van der Waals surface area contributed by atoms with Crippen molar-refractivity contribution in [3.63, 3.8) is 0 Å². The maximum absolute atomic E-state index is 6.33. The summed E-state index contributed by atoms with van der Waals surface area (Å²) >= 11 is 0. The number of furan rings is 1. The Balaban J connectivity index is 0.000000216. The van der Waals surface area contributed by atoms with Crippen LogP contribution in [-0.2, 0) is 20.1 Å². The summed E-state index contributed by atoms with van der Waals surface area (Å²) in [4.78, 5) is 9.02. The molecule has 0 fully saturated rings. The van der Waals surface area contributed by atoms with Gasteiger partial charge in [-0.15, -0.1) is 54.1 Å². The average molecular weight is 747 g/mol. The van der Waals surface area contributed by atoms with Crippen molar-refractivity contribution in [1.29, 1.82) is 0 Å². The maximum atomic E-state index is 6.33. The van der Waals surface area contributed by atoms with Gasteiger partial charge < -0.3 is 14.4 Å². The number of benzene rings is 3. The second-order valence-electron chi connectivity index (χ2n) is 12.2. The van der Waals surface area contributed by atoms with Crippen LogP contribution < -0.4 is 5.19 Å². The molecule has 1 radical (unpaired) electrons. The van der Waals surface area contributed by atoms with Crippen LogP contribution in [0.4, 0.5) is 0 Å². The molecule has 3 aromatic heterocycles. The minimum absolute atomic E-state index is 0. The van der Waals surface area contributed by atoms with Crippen LogP contribution in [0.15, 0.2) is 95.7 Å². The molecule has 0 saturated carbocycles. The summed E-state index contributed by atoms with van der Waals surface area (Å²) in [5.41, 5.74) is 8.28. The van der Waals surface area contributed by atoms with Gasteiger partial charge in [0, 0.05) is 37.9 Å². The summed E-state index contributed by atoms with van der Waals surface area (Å²) in [7, 11) is -1.38. The van der Waals surface area contributed by atoms with E-state index < -0.39 is 8.07 Å². The first-order valence-electron chi connectivity index (χ1n) is 14.4. The number of fused-ring (bicyclic) bond motifs is 3. The van der Waals surface area contributed by atoms with Gasteiger partial charge in [-0.25, -0.2) is 0 Å². The van der Waals surface area contributed by atoms with Crippen molar-refractivity contribution in [1.82, 2.24) is 9.97 Å². The van der Waals surface area contributed by atoms with Crippen LogP contribution >= 0.6 is 0 Å². The van der Waals surface area contributed by atoms with E-state index in [-0.39, 0.29) is 20.1 Å². The summed E-state index contributed by atoms with van der Waals surface area (Å²) in [6, 6.07) is 33.6. The molecule has 42 heavy (non-hydrogen) atoms. The van der Waals surface area contributed by atoms with E-state index in [0.717, 1.165) is 44.5 Å². The minimum Gasteiger partial charge on any atom is -0.501 e. The molecule has 0 aliphatic rings. The Bertz CT molecular complexity index is 1770. The van der Waals surface area contributed by atoms with E-state index in [1.807, 2.05) is 42.7 Å². The van der Waals surface area contributed by atoms with Gasteiger partial charge in [0.2, 0.25) is 0 Å². The minimum atomic E-state index is -1.38. The van der Waals surface area contributed by atoms with Crippen LogP contribution in [0.2, 0.25) is 19.6 Å². The van der Waals surface area contributed by atoms with Gasteiger partial charge in [-0.1, -0.05) is 99.4 Å². The van der Waals surface area contributed by atoms with E-state index in [9.17, 15) is 0 Å². The van der Waals surface area contributed by atoms with E-state index >= 15 is 0 Å². The molecule has 6 rings (SSSR count). The molecule has 6 aromatic rings. The van der Waals surface area contributed by atoms with Crippen molar-refractivity contribution in [2.45, 2.75) is 59.2 Å². The summed E-state index contributed by atoms with van der Waals surface area (Å²) in [5.74, 6) is 0.997. The molecular weight excluding hydrogens is 709 g/mol. The third-order valence-electron chi connectivity index (χ3n) is 7.44. The Kier molecular flexibility index (Phi) is 9.99. The second kappa shape index (κ2) is 13.3. The van der Waals surface area contributed by atoms with Crippen LogP contribution in [0.5, 0.6) is 0 Å². The van der Waals surface area contributed by atoms with Gasteiger partial charge in [-0.3, -0.25) is 0 Å². The van der Waals surface area contributed by atoms with Gasteiger partial charge in [0.25, 0.3) is 0 Å². The second-order valence-corrected chi connectivity index (χ2v) is 17.3. The Hall–Kier alpha value is -3.37. The smallest absolute Gasteiger partial charge is 0.120 e. The molecule has 0 atom stereocenters. The topological polar surface area (TPSA) is 38.9 Å². The summed E-state index contributed by atoms with van der Waals surface area (Å²) in [6.07, 6.45) is 3.82. The molecule has 3 heterocycles. The zero-order valence-corrected chi connectivity index (χ0v) is 28.8. The first kappa shape index (κ1) is 31.6. The number of nitrogens with zero attached hydrogens (tertiary/aromatic N) is 2. The summed E-state index contributed by atoms with van der Waals surface area (Å²) < 4.78 is 6.33. The van der Waals surface area contributed by atoms with Crippen molar-refractivity contribution in [3.05, 3.63) is 115 Å². The monoisotopic (exact) mass is 747 g/mol. The molecule has 0 bridgehead atoms. The fraction of sp³-hybridized carbons (Fsp3) is 0.243. The molecule has 3 aromatic carbocycles. The quantitative estimate of drug-likeness (QED) is 0.130. The van der Waals surface area contributed by atoms with Gasteiger partial charge in [0.1, 0.15) is 5.58 Å². The standard InChI is InChI=1S/C23H24NOSi.C14H14N.Ir/c1-15(2)16-11-12-24-21(13-16)20-8-6-7-19-18-10-9-17(26(3,4)5)14-22(18)25-23(19)20;1-11(2)13-8-9-14(15-10-13)12-6-4-3-5-7-12;/h6-7,9-15H,1-5H3;3-6,8-11H,1-2H3;/q2*-1;. The molecule has 3 nitrogen and oxygen atoms in total. The van der Waals surface area contributed by atoms with Crippen molar-refractivity contribution < 1.29 is 24.5 Å². The molecule has 0 aliphatic carbocycles. The van der Waals surface area contributed by atoms with Crippen molar-refractivity contribution in [3.8, 4) is 22.5 Å². The number of rotatable bonds is 5. The Morgan fingerprint density at radius 2 is 1.50 bits per heavy atom. The van der Waals surface area contributed by atoms with Gasteiger partial charge >= 0.3 is 0 Å². The Morgan fingerprint density at radius 3 is 2.14 bits per heavy atom. The van der Waals surface area contributed by atoms with E-state index in [4.69, 9.17) is 4.42 Å². The van der Waals surface area contributed by atoms with E-state index in [2.05, 4.69) is 118 Å².